The third-order valence-electron chi connectivity index (χ3n) is 2.32. The topological polar surface area (TPSA) is 44.5 Å². The van der Waals surface area contributed by atoms with Crippen molar-refractivity contribution in [2.24, 2.45) is 0 Å². The van der Waals surface area contributed by atoms with Gasteiger partial charge in [-0.05, 0) is 31.0 Å². The Morgan fingerprint density at radius 2 is 1.93 bits per heavy atom. The normalized spacial score (nSPS) is 10.5. The fourth-order valence-corrected chi connectivity index (χ4v) is 1.30. The van der Waals surface area contributed by atoms with Crippen LogP contribution in [0.4, 0.5) is 5.69 Å². The maximum absolute atomic E-state index is 5.79. The molecule has 1 rings (SSSR count). The first-order valence-electron chi connectivity index (χ1n) is 5.25. The van der Waals surface area contributed by atoms with Crippen LogP contribution in [0.2, 0.25) is 0 Å². The van der Waals surface area contributed by atoms with Gasteiger partial charge < -0.3 is 15.2 Å². The summed E-state index contributed by atoms with van der Waals surface area (Å²) in [5.41, 5.74) is 8.86. The maximum atomic E-state index is 5.79. The summed E-state index contributed by atoms with van der Waals surface area (Å²) in [6.07, 6.45) is 0. The lowest BCUT2D eigenvalue weighted by Gasteiger charge is -2.09. The van der Waals surface area contributed by atoms with E-state index < -0.39 is 0 Å². The minimum atomic E-state index is 0.601. The van der Waals surface area contributed by atoms with E-state index in [0.717, 1.165) is 23.4 Å². The smallest absolute Gasteiger partial charge is 0.0721 e. The summed E-state index contributed by atoms with van der Waals surface area (Å²) in [4.78, 5) is 0. The fraction of sp³-hybridized carbons (Fsp3) is 0.500. The molecule has 0 unspecified atom stereocenters. The number of rotatable bonds is 6. The summed E-state index contributed by atoms with van der Waals surface area (Å²) in [6, 6.07) is 5.88. The third-order valence-corrected chi connectivity index (χ3v) is 2.32. The van der Waals surface area contributed by atoms with Crippen LogP contribution in [-0.2, 0) is 16.1 Å². The van der Waals surface area contributed by atoms with Crippen LogP contribution in [0.15, 0.2) is 18.2 Å². The van der Waals surface area contributed by atoms with E-state index in [4.69, 9.17) is 15.2 Å². The lowest BCUT2D eigenvalue weighted by atomic mass is 10.1. The van der Waals surface area contributed by atoms with Crippen LogP contribution in [0.1, 0.15) is 18.1 Å². The second-order valence-corrected chi connectivity index (χ2v) is 3.38. The predicted molar refractivity (Wildman–Crippen MR) is 61.7 cm³/mol. The number of benzene rings is 1. The van der Waals surface area contributed by atoms with Crippen molar-refractivity contribution >= 4 is 5.69 Å². The van der Waals surface area contributed by atoms with Gasteiger partial charge in [0.2, 0.25) is 0 Å². The second kappa shape index (κ2) is 6.43. The van der Waals surface area contributed by atoms with Crippen LogP contribution in [-0.4, -0.2) is 19.8 Å². The van der Waals surface area contributed by atoms with Gasteiger partial charge in [0.1, 0.15) is 0 Å². The zero-order valence-corrected chi connectivity index (χ0v) is 9.45. The number of ether oxygens (including phenoxy) is 2. The summed E-state index contributed by atoms with van der Waals surface area (Å²) < 4.78 is 10.7. The van der Waals surface area contributed by atoms with Gasteiger partial charge in [0.15, 0.2) is 0 Å². The molecule has 0 amide bonds. The van der Waals surface area contributed by atoms with E-state index in [1.165, 1.54) is 0 Å². The minimum Gasteiger partial charge on any atom is -0.399 e. The summed E-state index contributed by atoms with van der Waals surface area (Å²) in [5, 5.41) is 0. The Morgan fingerprint density at radius 3 is 2.67 bits per heavy atom. The van der Waals surface area contributed by atoms with Gasteiger partial charge in [0, 0.05) is 12.3 Å². The Balaban J connectivity index is 2.34. The molecule has 0 spiro atoms. The highest BCUT2D eigenvalue weighted by Gasteiger charge is 2.00. The molecule has 3 nitrogen and oxygen atoms in total. The van der Waals surface area contributed by atoms with Crippen LogP contribution in [0, 0.1) is 6.92 Å². The summed E-state index contributed by atoms with van der Waals surface area (Å²) >= 11 is 0. The van der Waals surface area contributed by atoms with E-state index in [-0.39, 0.29) is 0 Å². The van der Waals surface area contributed by atoms with Crippen molar-refractivity contribution < 1.29 is 9.47 Å². The van der Waals surface area contributed by atoms with Gasteiger partial charge >= 0.3 is 0 Å². The molecule has 0 aliphatic rings. The molecule has 0 saturated carbocycles. The van der Waals surface area contributed by atoms with Crippen LogP contribution in [0.25, 0.3) is 0 Å². The van der Waals surface area contributed by atoms with Crippen molar-refractivity contribution in [1.29, 1.82) is 0 Å². The van der Waals surface area contributed by atoms with Crippen LogP contribution in [0.3, 0.4) is 0 Å². The predicted octanol–water partition coefficient (Wildman–Crippen LogP) is 2.13. The summed E-state index contributed by atoms with van der Waals surface area (Å²) in [7, 11) is 0. The van der Waals surface area contributed by atoms with E-state index in [1.54, 1.807) is 0 Å². The molecule has 0 fully saturated rings. The Hall–Kier alpha value is -1.06. The molecule has 0 atom stereocenters. The summed E-state index contributed by atoms with van der Waals surface area (Å²) in [6.45, 7) is 6.60. The molecule has 15 heavy (non-hydrogen) atoms. The van der Waals surface area contributed by atoms with Crippen molar-refractivity contribution in [2.45, 2.75) is 20.5 Å². The van der Waals surface area contributed by atoms with Gasteiger partial charge in [-0.25, -0.2) is 0 Å². The first-order valence-corrected chi connectivity index (χ1v) is 5.25. The van der Waals surface area contributed by atoms with Gasteiger partial charge in [-0.2, -0.15) is 0 Å². The first-order chi connectivity index (χ1) is 7.25. The number of nitrogen functional groups attached to an aromatic ring is 1. The highest BCUT2D eigenvalue weighted by atomic mass is 16.5. The van der Waals surface area contributed by atoms with E-state index in [2.05, 4.69) is 0 Å². The Bertz CT molecular complexity index is 300. The number of nitrogens with two attached hydrogens (primary N) is 1. The molecule has 0 aliphatic carbocycles. The van der Waals surface area contributed by atoms with E-state index in [1.807, 2.05) is 32.0 Å². The first kappa shape index (κ1) is 12.0. The van der Waals surface area contributed by atoms with E-state index in [9.17, 15) is 0 Å². The van der Waals surface area contributed by atoms with Crippen molar-refractivity contribution in [3.05, 3.63) is 29.3 Å². The average Bonchev–Trinajstić information content (AvgIpc) is 2.24. The molecule has 84 valence electrons. The van der Waals surface area contributed by atoms with Gasteiger partial charge in [-0.15, -0.1) is 0 Å². The third kappa shape index (κ3) is 3.90. The Labute approximate surface area is 91.2 Å². The second-order valence-electron chi connectivity index (χ2n) is 3.38. The van der Waals surface area contributed by atoms with Crippen molar-refractivity contribution in [3.8, 4) is 0 Å². The van der Waals surface area contributed by atoms with Gasteiger partial charge in [-0.1, -0.05) is 12.1 Å². The highest BCUT2D eigenvalue weighted by Crippen LogP contribution is 2.15. The highest BCUT2D eigenvalue weighted by molar-refractivity contribution is 5.49. The van der Waals surface area contributed by atoms with Crippen molar-refractivity contribution in [1.82, 2.24) is 0 Å². The van der Waals surface area contributed by atoms with E-state index >= 15 is 0 Å². The maximum Gasteiger partial charge on any atom is 0.0721 e. The molecule has 0 radical (unpaired) electrons. The quantitative estimate of drug-likeness (QED) is 0.576. The van der Waals surface area contributed by atoms with Gasteiger partial charge in [0.05, 0.1) is 19.8 Å². The molecule has 0 aliphatic heterocycles. The average molecular weight is 209 g/mol. The fourth-order valence-electron chi connectivity index (χ4n) is 1.30. The molecule has 0 heterocycles. The van der Waals surface area contributed by atoms with Crippen molar-refractivity contribution in [2.75, 3.05) is 25.6 Å². The van der Waals surface area contributed by atoms with Crippen molar-refractivity contribution in [3.63, 3.8) is 0 Å². The molecular formula is C12H19NO2. The standard InChI is InChI=1S/C12H19NO2/c1-3-14-7-8-15-9-11-5-4-6-12(13)10(11)2/h4-6H,3,7-9,13H2,1-2H3. The molecule has 1 aromatic rings. The van der Waals surface area contributed by atoms with Crippen LogP contribution >= 0.6 is 0 Å². The molecule has 0 saturated heterocycles. The Kier molecular flexibility index (Phi) is 5.15. The molecule has 2 N–H and O–H groups in total. The lowest BCUT2D eigenvalue weighted by molar-refractivity contribution is 0.0451. The number of hydrogen-bond donors (Lipinski definition) is 1. The molecule has 1 aromatic carbocycles. The van der Waals surface area contributed by atoms with Crippen LogP contribution < -0.4 is 5.73 Å². The summed E-state index contributed by atoms with van der Waals surface area (Å²) in [5.74, 6) is 0. The largest absolute Gasteiger partial charge is 0.399 e. The monoisotopic (exact) mass is 209 g/mol. The van der Waals surface area contributed by atoms with Crippen LogP contribution in [0.5, 0.6) is 0 Å². The zero-order valence-electron chi connectivity index (χ0n) is 9.45. The molecular weight excluding hydrogens is 190 g/mol. The molecule has 0 bridgehead atoms. The van der Waals surface area contributed by atoms with Gasteiger partial charge in [-0.3, -0.25) is 0 Å². The number of hydrogen-bond acceptors (Lipinski definition) is 3. The Morgan fingerprint density at radius 1 is 1.20 bits per heavy atom. The zero-order chi connectivity index (χ0) is 11.1. The molecule has 3 heteroatoms. The SMILES string of the molecule is CCOCCOCc1cccc(N)c1C. The van der Waals surface area contributed by atoms with E-state index in [0.29, 0.717) is 19.8 Å². The molecule has 0 aromatic heterocycles. The minimum absolute atomic E-state index is 0.601. The number of anilines is 1. The lowest BCUT2D eigenvalue weighted by Crippen LogP contribution is -2.05. The van der Waals surface area contributed by atoms with Gasteiger partial charge in [0.25, 0.3) is 0 Å².